The van der Waals surface area contributed by atoms with Crippen LogP contribution in [0.4, 0.5) is 11.4 Å². The fourth-order valence-corrected chi connectivity index (χ4v) is 2.79. The molecule has 1 unspecified atom stereocenters. The molecule has 2 rings (SSSR count). The van der Waals surface area contributed by atoms with Crippen LogP contribution in [0, 0.1) is 0 Å². The average Bonchev–Trinajstić information content (AvgIpc) is 2.46. The van der Waals surface area contributed by atoms with Crippen LogP contribution in [-0.2, 0) is 9.47 Å². The second-order valence-corrected chi connectivity index (χ2v) is 6.42. The number of nitrogens with zero attached hydrogens (tertiary/aromatic N) is 1. The third-order valence-electron chi connectivity index (χ3n) is 3.79. The van der Waals surface area contributed by atoms with Crippen LogP contribution in [0.1, 0.15) is 20.8 Å². The van der Waals surface area contributed by atoms with Gasteiger partial charge in [0, 0.05) is 38.0 Å². The fourth-order valence-electron chi connectivity index (χ4n) is 2.79. The predicted octanol–water partition coefficient (Wildman–Crippen LogP) is 2.76. The third kappa shape index (κ3) is 4.27. The van der Waals surface area contributed by atoms with Crippen LogP contribution < -0.4 is 15.0 Å². The number of morpholine rings is 1. The summed E-state index contributed by atoms with van der Waals surface area (Å²) in [6, 6.07) is 6.52. The minimum atomic E-state index is -0.116. The van der Waals surface area contributed by atoms with Crippen molar-refractivity contribution >= 4 is 11.4 Å². The molecule has 5 heteroatoms. The highest BCUT2D eigenvalue weighted by molar-refractivity contribution is 5.65. The SMILES string of the molecule is COCC(C)Nc1ccc(N2CCOC(C)(C)C2)cc1OC. The Labute approximate surface area is 133 Å². The van der Waals surface area contributed by atoms with Gasteiger partial charge in [0.15, 0.2) is 0 Å². The number of hydrogen-bond acceptors (Lipinski definition) is 5. The van der Waals surface area contributed by atoms with Crippen LogP contribution >= 0.6 is 0 Å². The zero-order valence-electron chi connectivity index (χ0n) is 14.3. The first-order valence-electron chi connectivity index (χ1n) is 7.77. The zero-order valence-corrected chi connectivity index (χ0v) is 14.3. The van der Waals surface area contributed by atoms with Crippen molar-refractivity contribution in [2.45, 2.75) is 32.4 Å². The van der Waals surface area contributed by atoms with Crippen molar-refractivity contribution < 1.29 is 14.2 Å². The van der Waals surface area contributed by atoms with Gasteiger partial charge in [-0.3, -0.25) is 0 Å². The van der Waals surface area contributed by atoms with Crippen LogP contribution in [-0.4, -0.2) is 52.2 Å². The summed E-state index contributed by atoms with van der Waals surface area (Å²) < 4.78 is 16.5. The first kappa shape index (κ1) is 16.9. The molecule has 1 heterocycles. The molecule has 124 valence electrons. The highest BCUT2D eigenvalue weighted by Crippen LogP contribution is 2.32. The number of benzene rings is 1. The van der Waals surface area contributed by atoms with E-state index < -0.39 is 0 Å². The van der Waals surface area contributed by atoms with E-state index in [0.29, 0.717) is 6.61 Å². The van der Waals surface area contributed by atoms with Crippen molar-refractivity contribution in [3.63, 3.8) is 0 Å². The van der Waals surface area contributed by atoms with Crippen LogP contribution in [0.15, 0.2) is 18.2 Å². The minimum Gasteiger partial charge on any atom is -0.495 e. The highest BCUT2D eigenvalue weighted by Gasteiger charge is 2.27. The largest absolute Gasteiger partial charge is 0.495 e. The summed E-state index contributed by atoms with van der Waals surface area (Å²) >= 11 is 0. The highest BCUT2D eigenvalue weighted by atomic mass is 16.5. The van der Waals surface area contributed by atoms with Crippen molar-refractivity contribution in [1.29, 1.82) is 0 Å². The van der Waals surface area contributed by atoms with Gasteiger partial charge in [0.25, 0.3) is 0 Å². The normalized spacial score (nSPS) is 18.9. The van der Waals surface area contributed by atoms with E-state index >= 15 is 0 Å². The topological polar surface area (TPSA) is 43.0 Å². The number of anilines is 2. The molecule has 22 heavy (non-hydrogen) atoms. The number of methoxy groups -OCH3 is 2. The Morgan fingerprint density at radius 1 is 1.36 bits per heavy atom. The second-order valence-electron chi connectivity index (χ2n) is 6.42. The van der Waals surface area contributed by atoms with E-state index in [0.717, 1.165) is 36.8 Å². The van der Waals surface area contributed by atoms with Gasteiger partial charge < -0.3 is 24.4 Å². The molecule has 1 aromatic rings. The van der Waals surface area contributed by atoms with Crippen molar-refractivity contribution in [2.75, 3.05) is 50.7 Å². The van der Waals surface area contributed by atoms with Crippen LogP contribution in [0.5, 0.6) is 5.75 Å². The Morgan fingerprint density at radius 2 is 2.14 bits per heavy atom. The molecule has 5 nitrogen and oxygen atoms in total. The maximum atomic E-state index is 5.78. The van der Waals surface area contributed by atoms with Crippen molar-refractivity contribution in [1.82, 2.24) is 0 Å². The molecule has 1 aromatic carbocycles. The molecule has 1 atom stereocenters. The molecule has 0 aromatic heterocycles. The molecular weight excluding hydrogens is 280 g/mol. The van der Waals surface area contributed by atoms with Gasteiger partial charge in [-0.15, -0.1) is 0 Å². The van der Waals surface area contributed by atoms with Crippen LogP contribution in [0.25, 0.3) is 0 Å². The summed E-state index contributed by atoms with van der Waals surface area (Å²) in [5, 5.41) is 3.42. The maximum absolute atomic E-state index is 5.78. The standard InChI is InChI=1S/C17H28N2O3/c1-13(11-20-4)18-15-7-6-14(10-16(15)21-5)19-8-9-22-17(2,3)12-19/h6-7,10,13,18H,8-9,11-12H2,1-5H3. The summed E-state index contributed by atoms with van der Waals surface area (Å²) in [6.07, 6.45) is 0. The Bertz CT molecular complexity index is 491. The van der Waals surface area contributed by atoms with Gasteiger partial charge in [-0.2, -0.15) is 0 Å². The Morgan fingerprint density at radius 3 is 2.77 bits per heavy atom. The molecule has 0 aliphatic carbocycles. The molecule has 1 saturated heterocycles. The van der Waals surface area contributed by atoms with Gasteiger partial charge in [-0.25, -0.2) is 0 Å². The Balaban J connectivity index is 2.14. The van der Waals surface area contributed by atoms with Gasteiger partial charge in [0.05, 0.1) is 31.6 Å². The predicted molar refractivity (Wildman–Crippen MR) is 90.2 cm³/mol. The van der Waals surface area contributed by atoms with Crippen molar-refractivity contribution in [3.8, 4) is 5.75 Å². The molecule has 0 spiro atoms. The summed E-state index contributed by atoms with van der Waals surface area (Å²) in [6.45, 7) is 9.52. The third-order valence-corrected chi connectivity index (χ3v) is 3.79. The monoisotopic (exact) mass is 308 g/mol. The Hall–Kier alpha value is -1.46. The lowest BCUT2D eigenvalue weighted by atomic mass is 10.1. The van der Waals surface area contributed by atoms with Crippen LogP contribution in [0.2, 0.25) is 0 Å². The fraction of sp³-hybridized carbons (Fsp3) is 0.647. The first-order valence-corrected chi connectivity index (χ1v) is 7.77. The molecule has 1 fully saturated rings. The molecular formula is C17H28N2O3. The van der Waals surface area contributed by atoms with E-state index in [1.807, 2.05) is 0 Å². The van der Waals surface area contributed by atoms with Gasteiger partial charge in [0.2, 0.25) is 0 Å². The van der Waals surface area contributed by atoms with Gasteiger partial charge >= 0.3 is 0 Å². The summed E-state index contributed by atoms with van der Waals surface area (Å²) in [5.74, 6) is 0.852. The number of nitrogens with one attached hydrogen (secondary N) is 1. The lowest BCUT2D eigenvalue weighted by Gasteiger charge is -2.39. The summed E-state index contributed by atoms with van der Waals surface area (Å²) in [7, 11) is 3.41. The number of rotatable bonds is 6. The second kappa shape index (κ2) is 7.20. The quantitative estimate of drug-likeness (QED) is 0.875. The maximum Gasteiger partial charge on any atom is 0.144 e. The zero-order chi connectivity index (χ0) is 16.2. The van der Waals surface area contributed by atoms with E-state index in [9.17, 15) is 0 Å². The number of ether oxygens (including phenoxy) is 3. The smallest absolute Gasteiger partial charge is 0.144 e. The minimum absolute atomic E-state index is 0.116. The van der Waals surface area contributed by atoms with E-state index in [2.05, 4.69) is 49.2 Å². The molecule has 0 saturated carbocycles. The van der Waals surface area contributed by atoms with E-state index in [1.54, 1.807) is 14.2 Å². The lowest BCUT2D eigenvalue weighted by Crippen LogP contribution is -2.48. The molecule has 0 amide bonds. The van der Waals surface area contributed by atoms with Gasteiger partial charge in [-0.1, -0.05) is 0 Å². The van der Waals surface area contributed by atoms with E-state index in [4.69, 9.17) is 14.2 Å². The van der Waals surface area contributed by atoms with E-state index in [-0.39, 0.29) is 11.6 Å². The molecule has 1 aliphatic heterocycles. The van der Waals surface area contributed by atoms with Gasteiger partial charge in [0.1, 0.15) is 5.75 Å². The average molecular weight is 308 g/mol. The summed E-state index contributed by atoms with van der Waals surface area (Å²) in [4.78, 5) is 2.34. The van der Waals surface area contributed by atoms with Crippen molar-refractivity contribution in [2.24, 2.45) is 0 Å². The summed E-state index contributed by atoms with van der Waals surface area (Å²) in [5.41, 5.74) is 2.04. The van der Waals surface area contributed by atoms with Crippen molar-refractivity contribution in [3.05, 3.63) is 18.2 Å². The first-order chi connectivity index (χ1) is 10.4. The van der Waals surface area contributed by atoms with Gasteiger partial charge in [-0.05, 0) is 32.9 Å². The lowest BCUT2D eigenvalue weighted by molar-refractivity contribution is -0.0277. The molecule has 0 bridgehead atoms. The molecule has 0 radical (unpaired) electrons. The number of hydrogen-bond donors (Lipinski definition) is 1. The Kier molecular flexibility index (Phi) is 5.53. The van der Waals surface area contributed by atoms with E-state index in [1.165, 1.54) is 0 Å². The van der Waals surface area contributed by atoms with Crippen LogP contribution in [0.3, 0.4) is 0 Å². The molecule has 1 N–H and O–H groups in total. The molecule has 1 aliphatic rings.